The minimum absolute atomic E-state index is 0.0331. The van der Waals surface area contributed by atoms with E-state index in [-0.39, 0.29) is 23.4 Å². The first-order chi connectivity index (χ1) is 7.50. The molecule has 3 atom stereocenters. The third kappa shape index (κ3) is 4.09. The maximum Gasteiger partial charge on any atom is 0.303 e. The first-order valence-electron chi connectivity index (χ1n) is 5.07. The van der Waals surface area contributed by atoms with Crippen molar-refractivity contribution in [1.29, 1.82) is 0 Å². The number of carbonyl (C=O) groups is 2. The van der Waals surface area contributed by atoms with Gasteiger partial charge in [0.15, 0.2) is 0 Å². The van der Waals surface area contributed by atoms with Crippen LogP contribution in [0.1, 0.15) is 20.3 Å². The molecule has 0 N–H and O–H groups in total. The lowest BCUT2D eigenvalue weighted by Crippen LogP contribution is -2.47. The highest BCUT2D eigenvalue weighted by atomic mass is 79.9. The Morgan fingerprint density at radius 2 is 2.06 bits per heavy atom. The van der Waals surface area contributed by atoms with E-state index in [0.29, 0.717) is 6.61 Å². The molecule has 1 fully saturated rings. The molecule has 0 aromatic rings. The molecule has 0 unspecified atom stereocenters. The van der Waals surface area contributed by atoms with Gasteiger partial charge in [0, 0.05) is 20.5 Å². The molecule has 1 heterocycles. The summed E-state index contributed by atoms with van der Waals surface area (Å²) >= 11 is 3.43. The molecule has 0 aromatic heterocycles. The van der Waals surface area contributed by atoms with Crippen molar-refractivity contribution < 1.29 is 23.8 Å². The Balaban J connectivity index is 2.55. The fourth-order valence-electron chi connectivity index (χ4n) is 1.51. The summed E-state index contributed by atoms with van der Waals surface area (Å²) in [6, 6.07) is 0. The van der Waals surface area contributed by atoms with Gasteiger partial charge in [0.25, 0.3) is 0 Å². The normalized spacial score (nSPS) is 29.6. The summed E-state index contributed by atoms with van der Waals surface area (Å²) in [5.74, 6) is -0.741. The van der Waals surface area contributed by atoms with Crippen LogP contribution in [0.15, 0.2) is 0 Å². The van der Waals surface area contributed by atoms with E-state index in [1.807, 2.05) is 0 Å². The summed E-state index contributed by atoms with van der Waals surface area (Å²) in [6.45, 7) is 3.33. The highest BCUT2D eigenvalue weighted by Gasteiger charge is 2.36. The SMILES string of the molecule is CC(=O)OC[C@H]1OCC[C@@H](Br)[C@@H]1OC(C)=O. The van der Waals surface area contributed by atoms with Gasteiger partial charge in [0.1, 0.15) is 18.8 Å². The predicted octanol–water partition coefficient (Wildman–Crippen LogP) is 1.03. The number of esters is 2. The highest BCUT2D eigenvalue weighted by Crippen LogP contribution is 2.24. The van der Waals surface area contributed by atoms with Gasteiger partial charge in [0.05, 0.1) is 4.83 Å². The number of carbonyl (C=O) groups excluding carboxylic acids is 2. The van der Waals surface area contributed by atoms with Crippen LogP contribution in [0, 0.1) is 0 Å². The third-order valence-corrected chi connectivity index (χ3v) is 3.18. The number of hydrogen-bond donors (Lipinski definition) is 0. The lowest BCUT2D eigenvalue weighted by molar-refractivity contribution is -0.168. The topological polar surface area (TPSA) is 61.8 Å². The average molecular weight is 295 g/mol. The molecule has 1 aliphatic heterocycles. The van der Waals surface area contributed by atoms with Crippen LogP contribution in [0.2, 0.25) is 0 Å². The summed E-state index contributed by atoms with van der Waals surface area (Å²) in [6.07, 6.45) is -0.0503. The smallest absolute Gasteiger partial charge is 0.303 e. The Morgan fingerprint density at radius 3 is 2.62 bits per heavy atom. The van der Waals surface area contributed by atoms with Crippen molar-refractivity contribution in [3.05, 3.63) is 0 Å². The maximum absolute atomic E-state index is 10.9. The van der Waals surface area contributed by atoms with Gasteiger partial charge in [-0.25, -0.2) is 0 Å². The Labute approximate surface area is 103 Å². The average Bonchev–Trinajstić information content (AvgIpc) is 2.18. The van der Waals surface area contributed by atoms with Crippen molar-refractivity contribution in [3.63, 3.8) is 0 Å². The molecule has 0 bridgehead atoms. The predicted molar refractivity (Wildman–Crippen MR) is 59.3 cm³/mol. The molecule has 1 saturated heterocycles. The van der Waals surface area contributed by atoms with Gasteiger partial charge in [-0.15, -0.1) is 0 Å². The minimum Gasteiger partial charge on any atom is -0.463 e. The van der Waals surface area contributed by atoms with Gasteiger partial charge in [0.2, 0.25) is 0 Å². The van der Waals surface area contributed by atoms with Crippen LogP contribution < -0.4 is 0 Å². The lowest BCUT2D eigenvalue weighted by Gasteiger charge is -2.34. The molecule has 0 spiro atoms. The molecule has 92 valence electrons. The number of halogens is 1. The molecule has 6 heteroatoms. The number of rotatable bonds is 3. The second kappa shape index (κ2) is 6.20. The summed E-state index contributed by atoms with van der Waals surface area (Å²) in [5, 5.41) is 0. The van der Waals surface area contributed by atoms with Crippen LogP contribution in [-0.4, -0.2) is 42.2 Å². The van der Waals surface area contributed by atoms with E-state index in [9.17, 15) is 9.59 Å². The van der Waals surface area contributed by atoms with Crippen LogP contribution in [-0.2, 0) is 23.8 Å². The van der Waals surface area contributed by atoms with Crippen LogP contribution in [0.5, 0.6) is 0 Å². The van der Waals surface area contributed by atoms with E-state index in [0.717, 1.165) is 6.42 Å². The molecule has 0 amide bonds. The van der Waals surface area contributed by atoms with Gasteiger partial charge in [-0.2, -0.15) is 0 Å². The summed E-state index contributed by atoms with van der Waals surface area (Å²) < 4.78 is 15.4. The van der Waals surface area contributed by atoms with Crippen LogP contribution in [0.3, 0.4) is 0 Å². The summed E-state index contributed by atoms with van der Waals surface area (Å²) in [5.41, 5.74) is 0. The Kier molecular flexibility index (Phi) is 5.21. The molecular formula is C10H15BrO5. The van der Waals surface area contributed by atoms with Crippen molar-refractivity contribution >= 4 is 27.9 Å². The maximum atomic E-state index is 10.9. The second-order valence-corrected chi connectivity index (χ2v) is 4.77. The molecule has 0 saturated carbocycles. The van der Waals surface area contributed by atoms with Gasteiger partial charge in [-0.1, -0.05) is 15.9 Å². The molecule has 5 nitrogen and oxygen atoms in total. The van der Waals surface area contributed by atoms with Crippen LogP contribution >= 0.6 is 15.9 Å². The minimum atomic E-state index is -0.411. The fraction of sp³-hybridized carbons (Fsp3) is 0.800. The second-order valence-electron chi connectivity index (χ2n) is 3.59. The molecular weight excluding hydrogens is 280 g/mol. The van der Waals surface area contributed by atoms with Gasteiger partial charge in [-0.05, 0) is 6.42 Å². The highest BCUT2D eigenvalue weighted by molar-refractivity contribution is 9.09. The van der Waals surface area contributed by atoms with Crippen molar-refractivity contribution in [2.45, 2.75) is 37.3 Å². The number of hydrogen-bond acceptors (Lipinski definition) is 5. The zero-order valence-electron chi connectivity index (χ0n) is 9.27. The van der Waals surface area contributed by atoms with Gasteiger partial charge < -0.3 is 14.2 Å². The Hall–Kier alpha value is -0.620. The van der Waals surface area contributed by atoms with Gasteiger partial charge >= 0.3 is 11.9 Å². The first kappa shape index (κ1) is 13.4. The zero-order valence-corrected chi connectivity index (χ0v) is 10.9. The molecule has 1 aliphatic rings. The summed E-state index contributed by atoms with van der Waals surface area (Å²) in [7, 11) is 0. The Morgan fingerprint density at radius 1 is 1.38 bits per heavy atom. The number of alkyl halides is 1. The molecule has 0 radical (unpaired) electrons. The van der Waals surface area contributed by atoms with E-state index in [1.54, 1.807) is 0 Å². The Bertz CT molecular complexity index is 268. The van der Waals surface area contributed by atoms with Crippen molar-refractivity contribution in [2.75, 3.05) is 13.2 Å². The molecule has 16 heavy (non-hydrogen) atoms. The largest absolute Gasteiger partial charge is 0.463 e. The number of ether oxygens (including phenoxy) is 3. The fourth-order valence-corrected chi connectivity index (χ4v) is 2.14. The third-order valence-electron chi connectivity index (χ3n) is 2.20. The molecule has 0 aliphatic carbocycles. The standard InChI is InChI=1S/C10H15BrO5/c1-6(12)15-5-9-10(16-7(2)13)8(11)3-4-14-9/h8-10H,3-5H2,1-2H3/t8-,9-,10+/m1/s1. The van der Waals surface area contributed by atoms with Crippen molar-refractivity contribution in [2.24, 2.45) is 0 Å². The van der Waals surface area contributed by atoms with E-state index < -0.39 is 12.2 Å². The van der Waals surface area contributed by atoms with E-state index >= 15 is 0 Å². The van der Waals surface area contributed by atoms with Gasteiger partial charge in [-0.3, -0.25) is 9.59 Å². The van der Waals surface area contributed by atoms with Crippen LogP contribution in [0.4, 0.5) is 0 Å². The first-order valence-corrected chi connectivity index (χ1v) is 5.98. The van der Waals surface area contributed by atoms with Crippen LogP contribution in [0.25, 0.3) is 0 Å². The van der Waals surface area contributed by atoms with E-state index in [1.165, 1.54) is 13.8 Å². The summed E-state index contributed by atoms with van der Waals surface area (Å²) in [4.78, 5) is 21.7. The molecule has 0 aromatic carbocycles. The molecule has 1 rings (SSSR count). The quantitative estimate of drug-likeness (QED) is 0.575. The lowest BCUT2D eigenvalue weighted by atomic mass is 10.1. The van der Waals surface area contributed by atoms with E-state index in [4.69, 9.17) is 14.2 Å². The van der Waals surface area contributed by atoms with E-state index in [2.05, 4.69) is 15.9 Å². The van der Waals surface area contributed by atoms with Crippen molar-refractivity contribution in [3.8, 4) is 0 Å². The van der Waals surface area contributed by atoms with Crippen molar-refractivity contribution in [1.82, 2.24) is 0 Å². The zero-order chi connectivity index (χ0) is 12.1. The monoisotopic (exact) mass is 294 g/mol.